The lowest BCUT2D eigenvalue weighted by Gasteiger charge is -2.23. The third-order valence-corrected chi connectivity index (χ3v) is 6.51. The molecule has 0 fully saturated rings. The first-order valence-electron chi connectivity index (χ1n) is 9.10. The number of aliphatic carboxylic acids is 1. The minimum atomic E-state index is -4.01. The number of nitrogens with zero attached hydrogens (tertiary/aromatic N) is 4. The van der Waals surface area contributed by atoms with Crippen molar-refractivity contribution in [1.29, 1.82) is 0 Å². The lowest BCUT2D eigenvalue weighted by Crippen LogP contribution is -2.45. The first-order chi connectivity index (χ1) is 14.7. The number of carboxylic acids is 1. The van der Waals surface area contributed by atoms with Crippen LogP contribution in [0, 0.1) is 0 Å². The quantitative estimate of drug-likeness (QED) is 0.551. The van der Waals surface area contributed by atoms with Gasteiger partial charge in [-0.05, 0) is 58.8 Å². The van der Waals surface area contributed by atoms with Crippen molar-refractivity contribution in [3.8, 4) is 0 Å². The average Bonchev–Trinajstić information content (AvgIpc) is 3.22. The monoisotopic (exact) mass is 459 g/mol. The molecule has 0 radical (unpaired) electrons. The zero-order valence-electron chi connectivity index (χ0n) is 16.1. The third kappa shape index (κ3) is 4.29. The number of carbonyl (C=O) groups excluding carboxylic acids is 1. The summed E-state index contributed by atoms with van der Waals surface area (Å²) in [5, 5.41) is 26.3. The van der Waals surface area contributed by atoms with Crippen molar-refractivity contribution in [1.82, 2.24) is 24.9 Å². The molecule has 0 saturated carbocycles. The zero-order chi connectivity index (χ0) is 22.2. The van der Waals surface area contributed by atoms with E-state index in [0.717, 1.165) is 5.56 Å². The van der Waals surface area contributed by atoms with Gasteiger partial charge >= 0.3 is 0 Å². The number of carbonyl (C=O) groups is 1. The molecule has 0 spiro atoms. The van der Waals surface area contributed by atoms with Crippen molar-refractivity contribution in [2.45, 2.75) is 23.9 Å². The Bertz CT molecular complexity index is 1260. The smallest absolute Gasteiger partial charge is 0.248 e. The van der Waals surface area contributed by atoms with Crippen LogP contribution in [0.4, 0.5) is 5.95 Å². The number of fused-ring (bicyclic) bond motifs is 1. The number of carboxylic acid groups (broad SMARTS) is 1. The van der Waals surface area contributed by atoms with Gasteiger partial charge in [0.25, 0.3) is 0 Å². The third-order valence-electron chi connectivity index (χ3n) is 4.70. The second kappa shape index (κ2) is 8.10. The van der Waals surface area contributed by atoms with E-state index >= 15 is 0 Å². The van der Waals surface area contributed by atoms with E-state index in [1.807, 2.05) is 18.2 Å². The van der Waals surface area contributed by atoms with Crippen molar-refractivity contribution in [2.24, 2.45) is 0 Å². The number of allylic oxidation sites excluding steroid dienone is 1. The largest absolute Gasteiger partial charge is 0.548 e. The number of hydrogen-bond donors (Lipinski definition) is 2. The first kappa shape index (κ1) is 21.0. The molecular weight excluding hydrogens is 444 g/mol. The van der Waals surface area contributed by atoms with E-state index < -0.39 is 22.0 Å². The molecule has 0 aliphatic carbocycles. The van der Waals surface area contributed by atoms with Crippen molar-refractivity contribution >= 4 is 39.2 Å². The summed E-state index contributed by atoms with van der Waals surface area (Å²) in [5.41, 5.74) is 2.29. The fourth-order valence-electron chi connectivity index (χ4n) is 3.08. The van der Waals surface area contributed by atoms with E-state index in [1.165, 1.54) is 19.1 Å². The normalized spacial score (nSPS) is 16.7. The number of rotatable bonds is 6. The van der Waals surface area contributed by atoms with E-state index in [-0.39, 0.29) is 10.9 Å². The molecule has 2 heterocycles. The van der Waals surface area contributed by atoms with Crippen molar-refractivity contribution in [3.63, 3.8) is 0 Å². The van der Waals surface area contributed by atoms with Gasteiger partial charge in [-0.2, -0.15) is 4.68 Å². The Morgan fingerprint density at radius 2 is 1.87 bits per heavy atom. The predicted molar refractivity (Wildman–Crippen MR) is 110 cm³/mol. The van der Waals surface area contributed by atoms with Gasteiger partial charge in [0, 0.05) is 10.7 Å². The topological polar surface area (TPSA) is 142 Å². The molecule has 4 rings (SSSR count). The Kier molecular flexibility index (Phi) is 5.48. The molecule has 10 nitrogen and oxygen atoms in total. The standard InChI is InChI=1S/C19H17ClN6O4S/c1-11(18(27)28)23-31(29,30)15-8-4-12(5-9-15)16-10-17(13-2-6-14(20)7-3-13)26-19(21-16)22-24-25-26/h2-11,17,23H,1H3,(H,27,28)(H,21,22,25)/p-1/t11-,17+/m1/s1. The second-order valence-corrected chi connectivity index (χ2v) is 8.99. The molecule has 1 aromatic heterocycles. The SMILES string of the molecule is C[C@@H](NS(=O)(=O)c1ccc(C2=C[C@@H](c3ccc(Cl)cc3)n3nnnc3N2)cc1)C(=O)[O-]. The van der Waals surface area contributed by atoms with E-state index in [1.54, 1.807) is 28.9 Å². The summed E-state index contributed by atoms with van der Waals surface area (Å²) in [7, 11) is -4.01. The van der Waals surface area contributed by atoms with Gasteiger partial charge in [-0.3, -0.25) is 0 Å². The molecule has 0 saturated heterocycles. The highest BCUT2D eigenvalue weighted by molar-refractivity contribution is 7.89. The minimum absolute atomic E-state index is 0.0696. The van der Waals surface area contributed by atoms with Crippen LogP contribution in [-0.2, 0) is 14.8 Å². The van der Waals surface area contributed by atoms with Gasteiger partial charge in [0.05, 0.1) is 16.9 Å². The highest BCUT2D eigenvalue weighted by Crippen LogP contribution is 2.32. The maximum Gasteiger partial charge on any atom is 0.248 e. The number of hydrogen-bond acceptors (Lipinski definition) is 8. The molecule has 2 atom stereocenters. The van der Waals surface area contributed by atoms with Crippen molar-refractivity contribution < 1.29 is 18.3 Å². The van der Waals surface area contributed by atoms with Crippen LogP contribution in [-0.4, -0.2) is 40.6 Å². The molecule has 0 amide bonds. The van der Waals surface area contributed by atoms with Gasteiger partial charge < -0.3 is 15.2 Å². The summed E-state index contributed by atoms with van der Waals surface area (Å²) in [4.78, 5) is 10.8. The van der Waals surface area contributed by atoms with E-state index in [9.17, 15) is 18.3 Å². The van der Waals surface area contributed by atoms with Gasteiger partial charge in [-0.1, -0.05) is 41.0 Å². The Morgan fingerprint density at radius 1 is 1.19 bits per heavy atom. The van der Waals surface area contributed by atoms with E-state index in [2.05, 4.69) is 25.6 Å². The molecule has 2 N–H and O–H groups in total. The van der Waals surface area contributed by atoms with Gasteiger partial charge in [0.2, 0.25) is 16.0 Å². The number of sulfonamides is 1. The van der Waals surface area contributed by atoms with E-state index in [4.69, 9.17) is 11.6 Å². The van der Waals surface area contributed by atoms with Gasteiger partial charge in [0.15, 0.2) is 0 Å². The molecule has 1 aliphatic heterocycles. The van der Waals surface area contributed by atoms with Crippen LogP contribution in [0.25, 0.3) is 5.70 Å². The Morgan fingerprint density at radius 3 is 2.52 bits per heavy atom. The van der Waals surface area contributed by atoms with Crippen LogP contribution in [0.5, 0.6) is 0 Å². The Hall–Kier alpha value is -3.28. The van der Waals surface area contributed by atoms with E-state index in [0.29, 0.717) is 22.2 Å². The lowest BCUT2D eigenvalue weighted by molar-refractivity contribution is -0.307. The Labute approximate surface area is 182 Å². The minimum Gasteiger partial charge on any atom is -0.548 e. The molecule has 3 aromatic rings. The second-order valence-electron chi connectivity index (χ2n) is 6.84. The Balaban J connectivity index is 1.65. The maximum atomic E-state index is 12.4. The maximum absolute atomic E-state index is 12.4. The molecule has 160 valence electrons. The molecule has 31 heavy (non-hydrogen) atoms. The number of nitrogens with one attached hydrogen (secondary N) is 2. The van der Waals surface area contributed by atoms with Crippen molar-refractivity contribution in [2.75, 3.05) is 5.32 Å². The highest BCUT2D eigenvalue weighted by Gasteiger charge is 2.25. The molecule has 0 bridgehead atoms. The molecular formula is C19H16ClN6O4S-. The molecule has 12 heteroatoms. The van der Waals surface area contributed by atoms with Crippen LogP contribution < -0.4 is 15.1 Å². The summed E-state index contributed by atoms with van der Waals surface area (Å²) in [6, 6.07) is 11.6. The number of tetrazole rings is 1. The summed E-state index contributed by atoms with van der Waals surface area (Å²) in [6.45, 7) is 1.19. The van der Waals surface area contributed by atoms with Crippen LogP contribution in [0.15, 0.2) is 59.5 Å². The molecule has 2 aromatic carbocycles. The summed E-state index contributed by atoms with van der Waals surface area (Å²) < 4.78 is 28.4. The predicted octanol–water partition coefficient (Wildman–Crippen LogP) is 0.799. The number of anilines is 1. The van der Waals surface area contributed by atoms with Gasteiger partial charge in [0.1, 0.15) is 6.04 Å². The highest BCUT2D eigenvalue weighted by atomic mass is 35.5. The van der Waals surface area contributed by atoms with Gasteiger partial charge in [-0.25, -0.2) is 13.1 Å². The van der Waals surface area contributed by atoms with Crippen LogP contribution in [0.1, 0.15) is 24.1 Å². The number of halogens is 1. The fourth-order valence-corrected chi connectivity index (χ4v) is 4.40. The number of aromatic nitrogens is 4. The molecule has 0 unspecified atom stereocenters. The first-order valence-corrected chi connectivity index (χ1v) is 11.0. The molecule has 1 aliphatic rings. The van der Waals surface area contributed by atoms with Crippen LogP contribution in [0.3, 0.4) is 0 Å². The lowest BCUT2D eigenvalue weighted by atomic mass is 10.0. The van der Waals surface area contributed by atoms with Crippen molar-refractivity contribution in [3.05, 3.63) is 70.8 Å². The van der Waals surface area contributed by atoms with Gasteiger partial charge in [-0.15, -0.1) is 0 Å². The summed E-state index contributed by atoms with van der Waals surface area (Å²) in [5.74, 6) is -1.08. The average molecular weight is 460 g/mol. The fraction of sp³-hybridized carbons (Fsp3) is 0.158. The zero-order valence-corrected chi connectivity index (χ0v) is 17.6. The van der Waals surface area contributed by atoms with Crippen LogP contribution >= 0.6 is 11.6 Å². The summed E-state index contributed by atoms with van der Waals surface area (Å²) >= 11 is 5.99. The summed E-state index contributed by atoms with van der Waals surface area (Å²) in [6.07, 6.45) is 1.91. The number of benzene rings is 2. The van der Waals surface area contributed by atoms with Crippen LogP contribution in [0.2, 0.25) is 5.02 Å².